The summed E-state index contributed by atoms with van der Waals surface area (Å²) in [7, 11) is 1.45. The van der Waals surface area contributed by atoms with Gasteiger partial charge in [0.15, 0.2) is 0 Å². The van der Waals surface area contributed by atoms with Crippen molar-refractivity contribution in [2.24, 2.45) is 22.2 Å². The molecule has 0 aliphatic heterocycles. The second-order valence-corrected chi connectivity index (χ2v) is 1.55. The molecule has 0 heterocycles. The minimum atomic E-state index is -0.106. The van der Waals surface area contributed by atoms with Crippen molar-refractivity contribution in [1.29, 1.82) is 5.26 Å². The molecule has 0 aliphatic rings. The Morgan fingerprint density at radius 3 is 2.00 bits per heavy atom. The molecule has 0 rings (SSSR count). The lowest BCUT2D eigenvalue weighted by atomic mass is 10.3. The summed E-state index contributed by atoms with van der Waals surface area (Å²) in [5, 5.41) is 8.37. The van der Waals surface area contributed by atoms with Crippen LogP contribution in [0.2, 0.25) is 0 Å². The molecular formula is C5H9N5. The molecule has 0 bridgehead atoms. The molecule has 0 radical (unpaired) electrons. The first-order valence-corrected chi connectivity index (χ1v) is 2.51. The van der Waals surface area contributed by atoms with E-state index in [0.29, 0.717) is 0 Å². The molecule has 6 N–H and O–H groups in total. The summed E-state index contributed by atoms with van der Waals surface area (Å²) >= 11 is 0. The van der Waals surface area contributed by atoms with E-state index in [1.54, 1.807) is 6.07 Å². The lowest BCUT2D eigenvalue weighted by Crippen LogP contribution is -2.22. The predicted molar refractivity (Wildman–Crippen MR) is 38.6 cm³/mol. The Morgan fingerprint density at radius 1 is 1.40 bits per heavy atom. The van der Waals surface area contributed by atoms with E-state index in [1.165, 1.54) is 7.05 Å². The van der Waals surface area contributed by atoms with Gasteiger partial charge in [-0.1, -0.05) is 0 Å². The fraction of sp³-hybridized carbons (Fsp3) is 0.200. The molecule has 0 saturated heterocycles. The molecule has 0 spiro atoms. The molecule has 0 aliphatic carbocycles. The van der Waals surface area contributed by atoms with Crippen molar-refractivity contribution < 1.29 is 0 Å². The van der Waals surface area contributed by atoms with Gasteiger partial charge in [0.25, 0.3) is 0 Å². The zero-order chi connectivity index (χ0) is 8.15. The molecule has 0 aromatic heterocycles. The first-order valence-electron chi connectivity index (χ1n) is 2.51. The van der Waals surface area contributed by atoms with Crippen LogP contribution in [0.5, 0.6) is 0 Å². The normalized spacial score (nSPS) is 10.2. The summed E-state index contributed by atoms with van der Waals surface area (Å²) in [6.07, 6.45) is 0. The second-order valence-electron chi connectivity index (χ2n) is 1.55. The van der Waals surface area contributed by atoms with Crippen molar-refractivity contribution >= 4 is 5.84 Å². The largest absolute Gasteiger partial charge is 0.384 e. The van der Waals surface area contributed by atoms with Gasteiger partial charge in [-0.15, -0.1) is 0 Å². The molecule has 0 atom stereocenters. The summed E-state index contributed by atoms with van der Waals surface area (Å²) in [6.45, 7) is 0. The van der Waals surface area contributed by atoms with Crippen molar-refractivity contribution in [3.05, 3.63) is 11.4 Å². The molecule has 10 heavy (non-hydrogen) atoms. The number of nitriles is 1. The summed E-state index contributed by atoms with van der Waals surface area (Å²) in [4.78, 5) is 3.53. The average molecular weight is 139 g/mol. The molecule has 5 nitrogen and oxygen atoms in total. The quantitative estimate of drug-likeness (QED) is 0.236. The van der Waals surface area contributed by atoms with E-state index < -0.39 is 0 Å². The minimum absolute atomic E-state index is 0.0301. The fourth-order valence-electron chi connectivity index (χ4n) is 0.382. The van der Waals surface area contributed by atoms with Gasteiger partial charge in [0.1, 0.15) is 23.3 Å². The van der Waals surface area contributed by atoms with Crippen LogP contribution in [-0.4, -0.2) is 12.9 Å². The number of hydrogen-bond acceptors (Lipinski definition) is 4. The van der Waals surface area contributed by atoms with Crippen molar-refractivity contribution in [2.45, 2.75) is 0 Å². The molecule has 0 aromatic carbocycles. The van der Waals surface area contributed by atoms with Crippen molar-refractivity contribution in [3.8, 4) is 6.07 Å². The Morgan fingerprint density at radius 2 is 1.90 bits per heavy atom. The lowest BCUT2D eigenvalue weighted by Gasteiger charge is -1.96. The summed E-state index contributed by atoms with van der Waals surface area (Å²) in [5.74, 6) is -0.0481. The summed E-state index contributed by atoms with van der Waals surface area (Å²) < 4.78 is 0. The number of rotatable bonds is 1. The highest BCUT2D eigenvalue weighted by Gasteiger charge is 2.02. The van der Waals surface area contributed by atoms with E-state index in [4.69, 9.17) is 22.5 Å². The van der Waals surface area contributed by atoms with Crippen molar-refractivity contribution in [2.75, 3.05) is 7.05 Å². The Hall–Kier alpha value is -1.70. The molecule has 0 unspecified atom stereocenters. The topological polar surface area (TPSA) is 114 Å². The van der Waals surface area contributed by atoms with E-state index in [0.717, 1.165) is 0 Å². The van der Waals surface area contributed by atoms with Gasteiger partial charge in [0.05, 0.1) is 0 Å². The summed E-state index contributed by atoms with van der Waals surface area (Å²) in [6, 6.07) is 1.73. The van der Waals surface area contributed by atoms with Crippen LogP contribution in [0.4, 0.5) is 0 Å². The standard InChI is InChI=1S/C5H9N5/c1-10-5(9)3(2-6)4(7)8/h7-8H2,1H3,(H2,9,10). The van der Waals surface area contributed by atoms with Crippen molar-refractivity contribution in [3.63, 3.8) is 0 Å². The second kappa shape index (κ2) is 3.35. The number of aliphatic imine (C=N–C) groups is 1. The van der Waals surface area contributed by atoms with Crippen LogP contribution < -0.4 is 17.2 Å². The molecular weight excluding hydrogens is 130 g/mol. The van der Waals surface area contributed by atoms with Gasteiger partial charge in [0, 0.05) is 7.05 Å². The highest BCUT2D eigenvalue weighted by atomic mass is 14.9. The van der Waals surface area contributed by atoms with Crippen LogP contribution in [0, 0.1) is 11.3 Å². The van der Waals surface area contributed by atoms with E-state index in [2.05, 4.69) is 4.99 Å². The first kappa shape index (κ1) is 8.30. The molecule has 54 valence electrons. The first-order chi connectivity index (χ1) is 4.63. The van der Waals surface area contributed by atoms with Gasteiger partial charge < -0.3 is 17.2 Å². The Labute approximate surface area is 58.8 Å². The average Bonchev–Trinajstić information content (AvgIpc) is 1.88. The number of nitrogens with two attached hydrogens (primary N) is 3. The van der Waals surface area contributed by atoms with Crippen LogP contribution in [0.3, 0.4) is 0 Å². The third-order valence-corrected chi connectivity index (χ3v) is 0.898. The Kier molecular flexibility index (Phi) is 2.78. The van der Waals surface area contributed by atoms with Gasteiger partial charge in [-0.25, -0.2) is 0 Å². The Balaban J connectivity index is 4.77. The van der Waals surface area contributed by atoms with Gasteiger partial charge in [0.2, 0.25) is 0 Å². The zero-order valence-electron chi connectivity index (χ0n) is 5.63. The maximum Gasteiger partial charge on any atom is 0.139 e. The van der Waals surface area contributed by atoms with Crippen LogP contribution in [0.15, 0.2) is 16.4 Å². The van der Waals surface area contributed by atoms with Gasteiger partial charge in [-0.2, -0.15) is 5.26 Å². The number of nitrogens with zero attached hydrogens (tertiary/aromatic N) is 2. The van der Waals surface area contributed by atoms with Crippen LogP contribution in [0.25, 0.3) is 0 Å². The highest BCUT2D eigenvalue weighted by Crippen LogP contribution is 1.91. The molecule has 5 heteroatoms. The number of amidine groups is 1. The SMILES string of the molecule is CN=C(N)C(C#N)=C(N)N. The van der Waals surface area contributed by atoms with Crippen molar-refractivity contribution in [1.82, 2.24) is 0 Å². The maximum atomic E-state index is 8.37. The van der Waals surface area contributed by atoms with E-state index in [-0.39, 0.29) is 17.2 Å². The van der Waals surface area contributed by atoms with Gasteiger partial charge in [-0.05, 0) is 0 Å². The van der Waals surface area contributed by atoms with E-state index >= 15 is 0 Å². The Bertz CT molecular complexity index is 215. The molecule has 0 saturated carbocycles. The smallest absolute Gasteiger partial charge is 0.139 e. The minimum Gasteiger partial charge on any atom is -0.384 e. The monoisotopic (exact) mass is 139 g/mol. The van der Waals surface area contributed by atoms with Crippen LogP contribution in [0.1, 0.15) is 0 Å². The van der Waals surface area contributed by atoms with Gasteiger partial charge in [-0.3, -0.25) is 4.99 Å². The van der Waals surface area contributed by atoms with E-state index in [9.17, 15) is 0 Å². The predicted octanol–water partition coefficient (Wildman–Crippen LogP) is -1.37. The van der Waals surface area contributed by atoms with E-state index in [1.807, 2.05) is 0 Å². The van der Waals surface area contributed by atoms with Crippen LogP contribution in [-0.2, 0) is 0 Å². The highest BCUT2D eigenvalue weighted by molar-refractivity contribution is 6.00. The third-order valence-electron chi connectivity index (χ3n) is 0.898. The third kappa shape index (κ3) is 1.67. The molecule has 0 fully saturated rings. The van der Waals surface area contributed by atoms with Crippen LogP contribution >= 0.6 is 0 Å². The fourth-order valence-corrected chi connectivity index (χ4v) is 0.382. The zero-order valence-corrected chi connectivity index (χ0v) is 5.63. The lowest BCUT2D eigenvalue weighted by molar-refractivity contribution is 1.22. The molecule has 0 aromatic rings. The van der Waals surface area contributed by atoms with Gasteiger partial charge >= 0.3 is 0 Å². The summed E-state index contributed by atoms with van der Waals surface area (Å²) in [5.41, 5.74) is 15.5. The maximum absolute atomic E-state index is 8.37. The number of hydrogen-bond donors (Lipinski definition) is 3. The molecule has 0 amide bonds.